The number of hydrogen-bond donors (Lipinski definition) is 0. The van der Waals surface area contributed by atoms with Crippen molar-refractivity contribution in [3.63, 3.8) is 0 Å². The van der Waals surface area contributed by atoms with Crippen LogP contribution in [-0.2, 0) is 24.9 Å². The molecule has 2 aromatic heterocycles. The number of piperazine rings is 1. The molecule has 1 aliphatic rings. The van der Waals surface area contributed by atoms with E-state index in [2.05, 4.69) is 25.1 Å². The summed E-state index contributed by atoms with van der Waals surface area (Å²) in [5.74, 6) is 0. The number of ether oxygens (including phenoxy) is 1. The molecular formula is C19H25N7O2. The average Bonchev–Trinajstić information content (AvgIpc) is 3.12. The second-order valence-corrected chi connectivity index (χ2v) is 7.05. The Hall–Kier alpha value is -2.78. The van der Waals surface area contributed by atoms with E-state index in [9.17, 15) is 4.79 Å². The molecule has 1 fully saturated rings. The number of methoxy groups -OCH3 is 1. The van der Waals surface area contributed by atoms with Gasteiger partial charge in [0.2, 0.25) is 0 Å². The van der Waals surface area contributed by atoms with Crippen LogP contribution in [0.5, 0.6) is 0 Å². The van der Waals surface area contributed by atoms with Crippen molar-refractivity contribution in [2.75, 3.05) is 44.8 Å². The van der Waals surface area contributed by atoms with Gasteiger partial charge in [-0.2, -0.15) is 0 Å². The van der Waals surface area contributed by atoms with Crippen LogP contribution in [-0.4, -0.2) is 69.3 Å². The highest BCUT2D eigenvalue weighted by Crippen LogP contribution is 2.21. The highest BCUT2D eigenvalue weighted by atomic mass is 16.5. The Morgan fingerprint density at radius 3 is 2.71 bits per heavy atom. The zero-order valence-electron chi connectivity index (χ0n) is 16.3. The van der Waals surface area contributed by atoms with Crippen LogP contribution in [0.15, 0.2) is 35.5 Å². The summed E-state index contributed by atoms with van der Waals surface area (Å²) in [4.78, 5) is 21.8. The molecule has 0 N–H and O–H groups in total. The van der Waals surface area contributed by atoms with Crippen LogP contribution in [0.2, 0.25) is 0 Å². The summed E-state index contributed by atoms with van der Waals surface area (Å²) in [6.07, 6.45) is 3.42. The van der Waals surface area contributed by atoms with Gasteiger partial charge in [0.1, 0.15) is 0 Å². The lowest BCUT2D eigenvalue weighted by molar-refractivity contribution is 0.186. The van der Waals surface area contributed by atoms with Gasteiger partial charge in [0.15, 0.2) is 0 Å². The summed E-state index contributed by atoms with van der Waals surface area (Å²) >= 11 is 0. The van der Waals surface area contributed by atoms with Crippen LogP contribution in [0, 0.1) is 0 Å². The molecule has 3 aromatic rings. The maximum Gasteiger partial charge on any atom is 0.261 e. The Bertz CT molecular complexity index is 1000. The zero-order chi connectivity index (χ0) is 19.5. The summed E-state index contributed by atoms with van der Waals surface area (Å²) in [6, 6.07) is 5.92. The number of aromatic nitrogens is 5. The molecule has 0 unspecified atom stereocenters. The van der Waals surface area contributed by atoms with Crippen molar-refractivity contribution in [2.24, 2.45) is 7.05 Å². The smallest absolute Gasteiger partial charge is 0.261 e. The van der Waals surface area contributed by atoms with Crippen molar-refractivity contribution in [3.05, 3.63) is 46.8 Å². The van der Waals surface area contributed by atoms with E-state index in [1.165, 1.54) is 0 Å². The average molecular weight is 383 g/mol. The van der Waals surface area contributed by atoms with E-state index >= 15 is 0 Å². The summed E-state index contributed by atoms with van der Waals surface area (Å²) in [6.45, 7) is 5.66. The van der Waals surface area contributed by atoms with Gasteiger partial charge < -0.3 is 9.64 Å². The lowest BCUT2D eigenvalue weighted by atomic mass is 10.2. The SMILES string of the molecule is COCCn1cnc2cc(N3CCN(Cc4cnnn4C)CC3)ccc2c1=O. The lowest BCUT2D eigenvalue weighted by Gasteiger charge is -2.36. The van der Waals surface area contributed by atoms with Gasteiger partial charge in [-0.25, -0.2) is 4.98 Å². The highest BCUT2D eigenvalue weighted by Gasteiger charge is 2.19. The molecule has 0 amide bonds. The number of nitrogens with zero attached hydrogens (tertiary/aromatic N) is 7. The van der Waals surface area contributed by atoms with Gasteiger partial charge in [0.25, 0.3) is 5.56 Å². The van der Waals surface area contributed by atoms with E-state index in [4.69, 9.17) is 4.74 Å². The standard InChI is InChI=1S/C19H25N7O2/c1-23-16(12-21-22-23)13-24-5-7-25(8-6-24)15-3-4-17-18(11-15)20-14-26(19(17)27)9-10-28-2/h3-4,11-12,14H,5-10,13H2,1-2H3. The minimum atomic E-state index is -0.0248. The number of benzene rings is 1. The van der Waals surface area contributed by atoms with Crippen LogP contribution < -0.4 is 10.5 Å². The maximum atomic E-state index is 12.6. The van der Waals surface area contributed by atoms with Crippen molar-refractivity contribution in [1.29, 1.82) is 0 Å². The van der Waals surface area contributed by atoms with E-state index in [0.29, 0.717) is 18.5 Å². The van der Waals surface area contributed by atoms with Crippen LogP contribution in [0.1, 0.15) is 5.69 Å². The topological polar surface area (TPSA) is 81.3 Å². The van der Waals surface area contributed by atoms with E-state index in [0.717, 1.165) is 49.6 Å². The molecule has 1 saturated heterocycles. The van der Waals surface area contributed by atoms with Gasteiger partial charge in [-0.15, -0.1) is 5.10 Å². The van der Waals surface area contributed by atoms with Gasteiger partial charge in [-0.05, 0) is 18.2 Å². The monoisotopic (exact) mass is 383 g/mol. The Balaban J connectivity index is 1.45. The van der Waals surface area contributed by atoms with Gasteiger partial charge in [-0.3, -0.25) is 18.9 Å². The second kappa shape index (κ2) is 8.07. The lowest BCUT2D eigenvalue weighted by Crippen LogP contribution is -2.46. The molecule has 1 aromatic carbocycles. The molecule has 0 radical (unpaired) electrons. The molecular weight excluding hydrogens is 358 g/mol. The van der Waals surface area contributed by atoms with E-state index in [1.54, 1.807) is 18.0 Å². The molecule has 1 aliphatic heterocycles. The Morgan fingerprint density at radius 2 is 2.00 bits per heavy atom. The largest absolute Gasteiger partial charge is 0.383 e. The van der Waals surface area contributed by atoms with Crippen molar-refractivity contribution in [2.45, 2.75) is 13.1 Å². The number of anilines is 1. The molecule has 0 saturated carbocycles. The van der Waals surface area contributed by atoms with Gasteiger partial charge >= 0.3 is 0 Å². The predicted molar refractivity (Wildman–Crippen MR) is 106 cm³/mol. The van der Waals surface area contributed by atoms with Gasteiger partial charge in [-0.1, -0.05) is 5.21 Å². The molecule has 4 rings (SSSR count). The zero-order valence-corrected chi connectivity index (χ0v) is 16.3. The Morgan fingerprint density at radius 1 is 1.18 bits per heavy atom. The fourth-order valence-electron chi connectivity index (χ4n) is 3.54. The van der Waals surface area contributed by atoms with Crippen LogP contribution >= 0.6 is 0 Å². The van der Waals surface area contributed by atoms with E-state index in [1.807, 2.05) is 36.1 Å². The fourth-order valence-corrected chi connectivity index (χ4v) is 3.54. The Kier molecular flexibility index (Phi) is 5.36. The Labute approximate surface area is 163 Å². The summed E-state index contributed by atoms with van der Waals surface area (Å²) in [7, 11) is 3.54. The number of fused-ring (bicyclic) bond motifs is 1. The quantitative estimate of drug-likeness (QED) is 0.613. The van der Waals surface area contributed by atoms with Gasteiger partial charge in [0.05, 0.1) is 42.3 Å². The van der Waals surface area contributed by atoms with Crippen molar-refractivity contribution in [1.82, 2.24) is 29.4 Å². The highest BCUT2D eigenvalue weighted by molar-refractivity contribution is 5.81. The minimum absolute atomic E-state index is 0.0248. The molecule has 0 aliphatic carbocycles. The molecule has 0 bridgehead atoms. The predicted octanol–water partition coefficient (Wildman–Crippen LogP) is 0.494. The third-order valence-electron chi connectivity index (χ3n) is 5.28. The normalized spacial score (nSPS) is 15.4. The van der Waals surface area contributed by atoms with Crippen LogP contribution in [0.3, 0.4) is 0 Å². The minimum Gasteiger partial charge on any atom is -0.383 e. The summed E-state index contributed by atoms with van der Waals surface area (Å²) in [5.41, 5.74) is 2.94. The molecule has 9 heteroatoms. The second-order valence-electron chi connectivity index (χ2n) is 7.05. The maximum absolute atomic E-state index is 12.6. The van der Waals surface area contributed by atoms with Crippen molar-refractivity contribution in [3.8, 4) is 0 Å². The molecule has 0 spiro atoms. The third kappa shape index (κ3) is 3.76. The first-order valence-corrected chi connectivity index (χ1v) is 9.44. The fraction of sp³-hybridized carbons (Fsp3) is 0.474. The van der Waals surface area contributed by atoms with Gasteiger partial charge in [0, 0.05) is 52.6 Å². The van der Waals surface area contributed by atoms with Crippen molar-refractivity contribution >= 4 is 16.6 Å². The molecule has 3 heterocycles. The number of hydrogen-bond acceptors (Lipinski definition) is 7. The molecule has 9 nitrogen and oxygen atoms in total. The van der Waals surface area contributed by atoms with Crippen LogP contribution in [0.25, 0.3) is 10.9 Å². The van der Waals surface area contributed by atoms with E-state index < -0.39 is 0 Å². The summed E-state index contributed by atoms with van der Waals surface area (Å²) < 4.78 is 8.47. The first-order valence-electron chi connectivity index (χ1n) is 9.44. The number of rotatable bonds is 6. The van der Waals surface area contributed by atoms with Crippen LogP contribution in [0.4, 0.5) is 5.69 Å². The first kappa shape index (κ1) is 18.6. The summed E-state index contributed by atoms with van der Waals surface area (Å²) in [5, 5.41) is 8.58. The number of aryl methyl sites for hydroxylation is 1. The molecule has 0 atom stereocenters. The third-order valence-corrected chi connectivity index (χ3v) is 5.28. The molecule has 148 valence electrons. The van der Waals surface area contributed by atoms with Crippen molar-refractivity contribution < 1.29 is 4.74 Å². The molecule has 28 heavy (non-hydrogen) atoms. The van der Waals surface area contributed by atoms with E-state index in [-0.39, 0.29) is 5.56 Å². The first-order chi connectivity index (χ1) is 13.7.